The molecule has 1 aromatic rings. The van der Waals surface area contributed by atoms with E-state index in [1.54, 1.807) is 0 Å². The number of nitrogens with two attached hydrogens (primary N) is 1. The van der Waals surface area contributed by atoms with Gasteiger partial charge in [-0.25, -0.2) is 0 Å². The predicted molar refractivity (Wildman–Crippen MR) is 44.1 cm³/mol. The lowest BCUT2D eigenvalue weighted by Crippen LogP contribution is -2.24. The first-order valence-electron chi connectivity index (χ1n) is 3.68. The van der Waals surface area contributed by atoms with E-state index in [0.717, 1.165) is 0 Å². The van der Waals surface area contributed by atoms with Gasteiger partial charge in [-0.15, -0.1) is 0 Å². The molecule has 0 heterocycles. The van der Waals surface area contributed by atoms with Gasteiger partial charge in [-0.2, -0.15) is 14.0 Å². The second-order valence-corrected chi connectivity index (χ2v) is 2.60. The highest BCUT2D eigenvalue weighted by molar-refractivity contribution is 5.33. The molecule has 68 valence electrons. The summed E-state index contributed by atoms with van der Waals surface area (Å²) < 4.78 is 25.8. The first kappa shape index (κ1) is 9.62. The number of nitrogens with zero attached hydrogens (tertiary/aromatic N) is 1. The molecule has 0 aromatic heterocycles. The molecule has 0 fully saturated rings. The Morgan fingerprint density at radius 1 is 1.31 bits per heavy atom. The molecular weight excluding hydrogens is 174 g/mol. The monoisotopic (exact) mass is 182 g/mol. The number of benzene rings is 1. The van der Waals surface area contributed by atoms with Crippen molar-refractivity contribution in [2.24, 2.45) is 5.73 Å². The molecule has 0 aliphatic rings. The summed E-state index contributed by atoms with van der Waals surface area (Å²) in [5, 5.41) is 8.43. The van der Waals surface area contributed by atoms with Gasteiger partial charge in [0.2, 0.25) is 0 Å². The number of alkyl halides is 2. The molecule has 0 amide bonds. The number of hydrogen-bond acceptors (Lipinski definition) is 2. The minimum Gasteiger partial charge on any atom is -0.325 e. The summed E-state index contributed by atoms with van der Waals surface area (Å²) in [5.74, 6) is -3.01. The first-order chi connectivity index (χ1) is 6.10. The molecule has 4 heteroatoms. The summed E-state index contributed by atoms with van der Waals surface area (Å²) in [6, 6.07) is 6.97. The van der Waals surface area contributed by atoms with E-state index in [9.17, 15) is 8.78 Å². The Hall–Kier alpha value is -1.47. The fourth-order valence-corrected chi connectivity index (χ4v) is 0.906. The summed E-state index contributed by atoms with van der Waals surface area (Å²) in [5.41, 5.74) is 5.09. The summed E-state index contributed by atoms with van der Waals surface area (Å²) in [4.78, 5) is 0. The maximum atomic E-state index is 12.9. The van der Waals surface area contributed by atoms with Gasteiger partial charge >= 0.3 is 0 Å². The Bertz CT molecular complexity index is 324. The van der Waals surface area contributed by atoms with Gasteiger partial charge in [0, 0.05) is 5.56 Å². The summed E-state index contributed by atoms with van der Waals surface area (Å²) in [6.45, 7) is -0.723. The van der Waals surface area contributed by atoms with Crippen molar-refractivity contribution in [2.75, 3.05) is 6.54 Å². The van der Waals surface area contributed by atoms with Crippen LogP contribution in [0.15, 0.2) is 24.3 Å². The zero-order chi connectivity index (χ0) is 9.90. The maximum absolute atomic E-state index is 12.9. The van der Waals surface area contributed by atoms with Crippen LogP contribution in [0, 0.1) is 11.3 Å². The van der Waals surface area contributed by atoms with E-state index in [2.05, 4.69) is 0 Å². The van der Waals surface area contributed by atoms with Gasteiger partial charge < -0.3 is 5.73 Å². The highest BCUT2D eigenvalue weighted by Crippen LogP contribution is 2.26. The number of hydrogen-bond donors (Lipinski definition) is 1. The fraction of sp³-hybridized carbons (Fsp3) is 0.222. The molecule has 0 aliphatic heterocycles. The standard InChI is InChI=1S/C9H8F2N2/c10-9(11,6-13)8-3-1-7(5-12)2-4-8/h1-4H,6,13H2. The Morgan fingerprint density at radius 2 is 1.85 bits per heavy atom. The number of halogens is 2. The second-order valence-electron chi connectivity index (χ2n) is 2.60. The highest BCUT2D eigenvalue weighted by Gasteiger charge is 2.28. The van der Waals surface area contributed by atoms with Crippen LogP contribution in [-0.4, -0.2) is 6.54 Å². The molecule has 0 aliphatic carbocycles. The average Bonchev–Trinajstić information content (AvgIpc) is 2.18. The molecule has 1 rings (SSSR count). The van der Waals surface area contributed by atoms with Crippen molar-refractivity contribution in [2.45, 2.75) is 5.92 Å². The lowest BCUT2D eigenvalue weighted by atomic mass is 10.1. The van der Waals surface area contributed by atoms with Crippen LogP contribution in [0.4, 0.5) is 8.78 Å². The second kappa shape index (κ2) is 3.50. The predicted octanol–water partition coefficient (Wildman–Crippen LogP) is 1.61. The molecule has 2 N–H and O–H groups in total. The van der Waals surface area contributed by atoms with Crippen LogP contribution in [0.5, 0.6) is 0 Å². The Morgan fingerprint density at radius 3 is 2.23 bits per heavy atom. The Labute approximate surface area is 74.6 Å². The summed E-state index contributed by atoms with van der Waals surface area (Å²) in [6.07, 6.45) is 0. The third-order valence-corrected chi connectivity index (χ3v) is 1.69. The van der Waals surface area contributed by atoms with Gasteiger partial charge in [-0.05, 0) is 12.1 Å². The van der Waals surface area contributed by atoms with Crippen LogP contribution in [0.1, 0.15) is 11.1 Å². The molecular formula is C9H8F2N2. The van der Waals surface area contributed by atoms with Gasteiger partial charge in [0.25, 0.3) is 5.92 Å². The van der Waals surface area contributed by atoms with Crippen LogP contribution >= 0.6 is 0 Å². The molecule has 13 heavy (non-hydrogen) atoms. The molecule has 0 unspecified atom stereocenters. The molecule has 0 atom stereocenters. The minimum atomic E-state index is -3.01. The van der Waals surface area contributed by atoms with Gasteiger partial charge in [-0.1, -0.05) is 12.1 Å². The van der Waals surface area contributed by atoms with Crippen molar-refractivity contribution < 1.29 is 8.78 Å². The largest absolute Gasteiger partial charge is 0.325 e. The maximum Gasteiger partial charge on any atom is 0.285 e. The van der Waals surface area contributed by atoms with Crippen molar-refractivity contribution in [1.29, 1.82) is 5.26 Å². The van der Waals surface area contributed by atoms with E-state index in [0.29, 0.717) is 5.56 Å². The molecule has 1 aromatic carbocycles. The van der Waals surface area contributed by atoms with Crippen LogP contribution in [-0.2, 0) is 5.92 Å². The van der Waals surface area contributed by atoms with Crippen molar-refractivity contribution in [3.63, 3.8) is 0 Å². The van der Waals surface area contributed by atoms with Gasteiger partial charge in [0.1, 0.15) is 0 Å². The van der Waals surface area contributed by atoms with E-state index >= 15 is 0 Å². The van der Waals surface area contributed by atoms with E-state index in [4.69, 9.17) is 11.0 Å². The molecule has 0 saturated carbocycles. The first-order valence-corrected chi connectivity index (χ1v) is 3.68. The van der Waals surface area contributed by atoms with Crippen molar-refractivity contribution in [3.8, 4) is 6.07 Å². The normalized spacial score (nSPS) is 10.9. The topological polar surface area (TPSA) is 49.8 Å². The van der Waals surface area contributed by atoms with Gasteiger partial charge in [-0.3, -0.25) is 0 Å². The van der Waals surface area contributed by atoms with Crippen LogP contribution in [0.3, 0.4) is 0 Å². The highest BCUT2D eigenvalue weighted by atomic mass is 19.3. The van der Waals surface area contributed by atoms with Crippen molar-refractivity contribution in [1.82, 2.24) is 0 Å². The van der Waals surface area contributed by atoms with Crippen LogP contribution in [0.25, 0.3) is 0 Å². The third kappa shape index (κ3) is 2.01. The van der Waals surface area contributed by atoms with E-state index < -0.39 is 12.5 Å². The minimum absolute atomic E-state index is 0.158. The van der Waals surface area contributed by atoms with Crippen LogP contribution in [0.2, 0.25) is 0 Å². The lowest BCUT2D eigenvalue weighted by Gasteiger charge is -2.13. The van der Waals surface area contributed by atoms with Crippen molar-refractivity contribution >= 4 is 0 Å². The van der Waals surface area contributed by atoms with E-state index in [1.807, 2.05) is 6.07 Å². The third-order valence-electron chi connectivity index (χ3n) is 1.69. The fourth-order valence-electron chi connectivity index (χ4n) is 0.906. The molecule has 0 saturated heterocycles. The van der Waals surface area contributed by atoms with Crippen molar-refractivity contribution in [3.05, 3.63) is 35.4 Å². The quantitative estimate of drug-likeness (QED) is 0.755. The number of nitriles is 1. The SMILES string of the molecule is N#Cc1ccc(C(F)(F)CN)cc1. The summed E-state index contributed by atoms with van der Waals surface area (Å²) >= 11 is 0. The zero-order valence-electron chi connectivity index (χ0n) is 6.80. The molecule has 0 bridgehead atoms. The smallest absolute Gasteiger partial charge is 0.285 e. The zero-order valence-corrected chi connectivity index (χ0v) is 6.80. The molecule has 2 nitrogen and oxygen atoms in total. The van der Waals surface area contributed by atoms with Crippen LogP contribution < -0.4 is 5.73 Å². The average molecular weight is 182 g/mol. The molecule has 0 spiro atoms. The van der Waals surface area contributed by atoms with Gasteiger partial charge in [0.05, 0.1) is 18.2 Å². The Balaban J connectivity index is 3.00. The molecule has 0 radical (unpaired) electrons. The lowest BCUT2D eigenvalue weighted by molar-refractivity contribution is 0.00595. The summed E-state index contributed by atoms with van der Waals surface area (Å²) in [7, 11) is 0. The van der Waals surface area contributed by atoms with E-state index in [1.165, 1.54) is 24.3 Å². The number of rotatable bonds is 2. The Kier molecular flexibility index (Phi) is 2.59. The van der Waals surface area contributed by atoms with Gasteiger partial charge in [0.15, 0.2) is 0 Å². The van der Waals surface area contributed by atoms with E-state index in [-0.39, 0.29) is 5.56 Å².